The highest BCUT2D eigenvalue weighted by atomic mass is 35.5. The number of benzene rings is 1. The van der Waals surface area contributed by atoms with E-state index >= 15 is 0 Å². The van der Waals surface area contributed by atoms with E-state index < -0.39 is 5.82 Å². The van der Waals surface area contributed by atoms with Gasteiger partial charge >= 0.3 is 0 Å². The van der Waals surface area contributed by atoms with E-state index in [0.717, 1.165) is 12.8 Å². The van der Waals surface area contributed by atoms with Gasteiger partial charge in [-0.15, -0.1) is 0 Å². The number of carbonyl (C=O) groups excluding carboxylic acids is 2. The number of likely N-dealkylation sites (tertiary alicyclic amines) is 1. The molecule has 3 atom stereocenters. The maximum atomic E-state index is 14.0. The van der Waals surface area contributed by atoms with E-state index in [9.17, 15) is 14.0 Å². The number of nitrogens with one attached hydrogen (secondary N) is 1. The highest BCUT2D eigenvalue weighted by molar-refractivity contribution is 6.31. The van der Waals surface area contributed by atoms with Crippen LogP contribution in [-0.2, 0) is 11.2 Å². The fourth-order valence-corrected chi connectivity index (χ4v) is 4.40. The second kappa shape index (κ2) is 7.27. The largest absolute Gasteiger partial charge is 0.347 e. The van der Waals surface area contributed by atoms with E-state index in [1.807, 2.05) is 0 Å². The number of amides is 2. The van der Waals surface area contributed by atoms with Crippen LogP contribution in [0.3, 0.4) is 0 Å². The van der Waals surface area contributed by atoms with Crippen LogP contribution < -0.4 is 5.32 Å². The lowest BCUT2D eigenvalue weighted by atomic mass is 10.0. The highest BCUT2D eigenvalue weighted by Crippen LogP contribution is 2.38. The Morgan fingerprint density at radius 2 is 2.11 bits per heavy atom. The van der Waals surface area contributed by atoms with E-state index in [4.69, 9.17) is 11.6 Å². The molecule has 0 radical (unpaired) electrons. The SMILES string of the molecule is O=C(NC1CC2CC1N(C(=O)Cc1c(F)cccc1Cl)C2)c1cccnc1. The van der Waals surface area contributed by atoms with Crippen molar-refractivity contribution in [2.45, 2.75) is 31.3 Å². The first-order valence-corrected chi connectivity index (χ1v) is 9.34. The van der Waals surface area contributed by atoms with Crippen molar-refractivity contribution in [3.63, 3.8) is 0 Å². The molecule has 2 fully saturated rings. The average molecular weight is 388 g/mol. The minimum Gasteiger partial charge on any atom is -0.347 e. The van der Waals surface area contributed by atoms with E-state index in [2.05, 4.69) is 10.3 Å². The normalized spacial score (nSPS) is 23.5. The number of hydrogen-bond acceptors (Lipinski definition) is 3. The Hall–Kier alpha value is -2.47. The zero-order valence-electron chi connectivity index (χ0n) is 14.6. The summed E-state index contributed by atoms with van der Waals surface area (Å²) >= 11 is 6.05. The van der Waals surface area contributed by atoms with Crippen LogP contribution in [0, 0.1) is 11.7 Å². The molecule has 1 aromatic carbocycles. The topological polar surface area (TPSA) is 62.3 Å². The zero-order valence-corrected chi connectivity index (χ0v) is 15.3. The molecule has 1 aliphatic carbocycles. The number of aromatic nitrogens is 1. The Morgan fingerprint density at radius 3 is 2.81 bits per heavy atom. The molecule has 2 heterocycles. The second-order valence-corrected chi connectivity index (χ2v) is 7.56. The third kappa shape index (κ3) is 3.54. The molecule has 2 aliphatic rings. The molecule has 4 rings (SSSR count). The molecule has 1 saturated carbocycles. The fraction of sp³-hybridized carbons (Fsp3) is 0.350. The Balaban J connectivity index is 1.45. The Bertz CT molecular complexity index is 857. The molecule has 1 N–H and O–H groups in total. The van der Waals surface area contributed by atoms with Crippen molar-refractivity contribution >= 4 is 23.4 Å². The monoisotopic (exact) mass is 387 g/mol. The molecular formula is C20H19ClFN3O2. The van der Waals surface area contributed by atoms with Crippen molar-refractivity contribution in [1.82, 2.24) is 15.2 Å². The van der Waals surface area contributed by atoms with Crippen LogP contribution in [0.4, 0.5) is 4.39 Å². The molecule has 1 saturated heterocycles. The number of hydrogen-bond donors (Lipinski definition) is 1. The number of piperidine rings is 1. The minimum absolute atomic E-state index is 0.0614. The summed E-state index contributed by atoms with van der Waals surface area (Å²) in [7, 11) is 0. The van der Waals surface area contributed by atoms with Gasteiger partial charge in [0.05, 0.1) is 18.0 Å². The van der Waals surface area contributed by atoms with Crippen LogP contribution in [0.5, 0.6) is 0 Å². The first kappa shape index (κ1) is 17.9. The molecule has 27 heavy (non-hydrogen) atoms. The molecular weight excluding hydrogens is 369 g/mol. The van der Waals surface area contributed by atoms with E-state index in [1.54, 1.807) is 29.3 Å². The molecule has 2 aromatic rings. The van der Waals surface area contributed by atoms with Crippen LogP contribution in [0.2, 0.25) is 5.02 Å². The molecule has 2 amide bonds. The number of pyridine rings is 1. The number of halogens is 2. The van der Waals surface area contributed by atoms with Gasteiger partial charge in [-0.05, 0) is 43.0 Å². The predicted octanol–water partition coefficient (Wildman–Crippen LogP) is 2.84. The van der Waals surface area contributed by atoms with Gasteiger partial charge < -0.3 is 10.2 Å². The van der Waals surface area contributed by atoms with Crippen molar-refractivity contribution in [2.24, 2.45) is 5.92 Å². The zero-order chi connectivity index (χ0) is 19.0. The molecule has 1 aromatic heterocycles. The lowest BCUT2D eigenvalue weighted by Crippen LogP contribution is -2.52. The van der Waals surface area contributed by atoms with Crippen LogP contribution in [0.15, 0.2) is 42.7 Å². The summed E-state index contributed by atoms with van der Waals surface area (Å²) in [6.45, 7) is 0.648. The lowest BCUT2D eigenvalue weighted by Gasteiger charge is -2.34. The number of nitrogens with zero attached hydrogens (tertiary/aromatic N) is 2. The van der Waals surface area contributed by atoms with Crippen molar-refractivity contribution < 1.29 is 14.0 Å². The quantitative estimate of drug-likeness (QED) is 0.877. The van der Waals surface area contributed by atoms with Gasteiger partial charge in [-0.3, -0.25) is 14.6 Å². The average Bonchev–Trinajstić information content (AvgIpc) is 3.26. The smallest absolute Gasteiger partial charge is 0.253 e. The molecule has 7 heteroatoms. The van der Waals surface area contributed by atoms with E-state index in [-0.39, 0.29) is 40.9 Å². The number of carbonyl (C=O) groups is 2. The summed E-state index contributed by atoms with van der Waals surface area (Å²) in [5, 5.41) is 3.28. The standard InChI is InChI=1S/C20H19ClFN3O2/c21-15-4-1-5-16(22)14(15)9-19(26)25-11-12-7-17(18(25)8-12)24-20(27)13-3-2-6-23-10-13/h1-6,10,12,17-18H,7-9,11H2,(H,24,27). The lowest BCUT2D eigenvalue weighted by molar-refractivity contribution is -0.132. The number of fused-ring (bicyclic) bond motifs is 2. The summed E-state index contributed by atoms with van der Waals surface area (Å²) in [5.41, 5.74) is 0.721. The third-order valence-corrected chi connectivity index (χ3v) is 5.79. The second-order valence-electron chi connectivity index (χ2n) is 7.15. The molecule has 5 nitrogen and oxygen atoms in total. The summed E-state index contributed by atoms with van der Waals surface area (Å²) in [4.78, 5) is 30.9. The highest BCUT2D eigenvalue weighted by Gasteiger charge is 2.47. The van der Waals surface area contributed by atoms with Gasteiger partial charge in [0.25, 0.3) is 5.91 Å². The van der Waals surface area contributed by atoms with Crippen LogP contribution in [0.1, 0.15) is 28.8 Å². The van der Waals surface area contributed by atoms with Crippen molar-refractivity contribution in [3.05, 3.63) is 64.7 Å². The first-order valence-electron chi connectivity index (χ1n) is 8.96. The van der Waals surface area contributed by atoms with Gasteiger partial charge in [-0.2, -0.15) is 0 Å². The predicted molar refractivity (Wildman–Crippen MR) is 98.8 cm³/mol. The summed E-state index contributed by atoms with van der Waals surface area (Å²) in [6.07, 6.45) is 4.77. The maximum Gasteiger partial charge on any atom is 0.253 e. The number of rotatable bonds is 4. The molecule has 0 spiro atoms. The van der Waals surface area contributed by atoms with Crippen LogP contribution >= 0.6 is 11.6 Å². The van der Waals surface area contributed by atoms with Gasteiger partial charge in [0.1, 0.15) is 5.82 Å². The van der Waals surface area contributed by atoms with Gasteiger partial charge in [0.15, 0.2) is 0 Å². The van der Waals surface area contributed by atoms with Crippen molar-refractivity contribution in [3.8, 4) is 0 Å². The summed E-state index contributed by atoms with van der Waals surface area (Å²) in [5.74, 6) is -0.462. The van der Waals surface area contributed by atoms with Crippen molar-refractivity contribution in [1.29, 1.82) is 0 Å². The van der Waals surface area contributed by atoms with E-state index in [0.29, 0.717) is 18.0 Å². The van der Waals surface area contributed by atoms with Crippen molar-refractivity contribution in [2.75, 3.05) is 6.54 Å². The third-order valence-electron chi connectivity index (χ3n) is 5.43. The van der Waals surface area contributed by atoms with Gasteiger partial charge in [0.2, 0.25) is 5.91 Å². The minimum atomic E-state index is -0.471. The van der Waals surface area contributed by atoms with Gasteiger partial charge in [-0.25, -0.2) is 4.39 Å². The fourth-order valence-electron chi connectivity index (χ4n) is 4.17. The Morgan fingerprint density at radius 1 is 1.26 bits per heavy atom. The molecule has 3 unspecified atom stereocenters. The summed E-state index contributed by atoms with van der Waals surface area (Å²) < 4.78 is 14.0. The van der Waals surface area contributed by atoms with Crippen LogP contribution in [0.25, 0.3) is 0 Å². The molecule has 1 aliphatic heterocycles. The first-order chi connectivity index (χ1) is 13.0. The van der Waals surface area contributed by atoms with Gasteiger partial charge in [0, 0.05) is 35.6 Å². The molecule has 140 valence electrons. The van der Waals surface area contributed by atoms with E-state index in [1.165, 1.54) is 18.3 Å². The maximum absolute atomic E-state index is 14.0. The Kier molecular flexibility index (Phi) is 4.83. The van der Waals surface area contributed by atoms with Gasteiger partial charge in [-0.1, -0.05) is 17.7 Å². The Labute approximate surface area is 161 Å². The summed E-state index contributed by atoms with van der Waals surface area (Å²) in [6, 6.07) is 7.67. The molecule has 2 bridgehead atoms. The van der Waals surface area contributed by atoms with Crippen LogP contribution in [-0.4, -0.2) is 40.3 Å².